The maximum absolute atomic E-state index is 9.07. The quantitative estimate of drug-likeness (QED) is 0.918. The number of nitrogens with zero attached hydrogens (tertiary/aromatic N) is 3. The van der Waals surface area contributed by atoms with Crippen LogP contribution < -0.4 is 0 Å². The molecule has 0 aliphatic heterocycles. The summed E-state index contributed by atoms with van der Waals surface area (Å²) in [7, 11) is 0. The lowest BCUT2D eigenvalue weighted by Gasteiger charge is -2.04. The third kappa shape index (κ3) is 1.88. The van der Waals surface area contributed by atoms with Crippen LogP contribution in [0.2, 0.25) is 0 Å². The van der Waals surface area contributed by atoms with Crippen molar-refractivity contribution in [1.29, 1.82) is 0 Å². The second-order valence-corrected chi connectivity index (χ2v) is 4.37. The standard InChI is InChI=1S/C11H12BrN3O/c1-7-11(12)8(2)15(14-7)10-5-9(6-16)3-4-13-10/h3-5,16H,6H2,1-2H3. The van der Waals surface area contributed by atoms with Crippen LogP contribution >= 0.6 is 15.9 Å². The fourth-order valence-corrected chi connectivity index (χ4v) is 1.77. The monoisotopic (exact) mass is 281 g/mol. The summed E-state index contributed by atoms with van der Waals surface area (Å²) in [6, 6.07) is 3.61. The smallest absolute Gasteiger partial charge is 0.153 e. The van der Waals surface area contributed by atoms with Crippen LogP contribution in [-0.4, -0.2) is 19.9 Å². The Bertz CT molecular complexity index is 522. The largest absolute Gasteiger partial charge is 0.392 e. The zero-order valence-electron chi connectivity index (χ0n) is 9.11. The number of aromatic nitrogens is 3. The van der Waals surface area contributed by atoms with E-state index in [2.05, 4.69) is 26.0 Å². The van der Waals surface area contributed by atoms with Crippen molar-refractivity contribution in [2.75, 3.05) is 0 Å². The van der Waals surface area contributed by atoms with Crippen LogP contribution in [0, 0.1) is 13.8 Å². The van der Waals surface area contributed by atoms with E-state index >= 15 is 0 Å². The highest BCUT2D eigenvalue weighted by molar-refractivity contribution is 9.10. The summed E-state index contributed by atoms with van der Waals surface area (Å²) in [6.45, 7) is 3.91. The Kier molecular flexibility index (Phi) is 3.07. The lowest BCUT2D eigenvalue weighted by molar-refractivity contribution is 0.281. The molecule has 16 heavy (non-hydrogen) atoms. The van der Waals surface area contributed by atoms with Gasteiger partial charge in [0.2, 0.25) is 0 Å². The fourth-order valence-electron chi connectivity index (χ4n) is 1.52. The highest BCUT2D eigenvalue weighted by atomic mass is 79.9. The van der Waals surface area contributed by atoms with Gasteiger partial charge < -0.3 is 5.11 Å². The Morgan fingerprint density at radius 3 is 2.75 bits per heavy atom. The first-order valence-corrected chi connectivity index (χ1v) is 5.70. The Labute approximate surface area is 102 Å². The van der Waals surface area contributed by atoms with Crippen molar-refractivity contribution < 1.29 is 5.11 Å². The van der Waals surface area contributed by atoms with Crippen molar-refractivity contribution in [2.24, 2.45) is 0 Å². The first-order valence-electron chi connectivity index (χ1n) is 4.91. The Morgan fingerprint density at radius 2 is 2.19 bits per heavy atom. The minimum Gasteiger partial charge on any atom is -0.392 e. The summed E-state index contributed by atoms with van der Waals surface area (Å²) in [6.07, 6.45) is 1.67. The lowest BCUT2D eigenvalue weighted by atomic mass is 10.3. The fraction of sp³-hybridized carbons (Fsp3) is 0.273. The number of pyridine rings is 1. The van der Waals surface area contributed by atoms with Crippen LogP contribution in [-0.2, 0) is 6.61 Å². The second-order valence-electron chi connectivity index (χ2n) is 3.58. The molecule has 0 aliphatic rings. The van der Waals surface area contributed by atoms with E-state index in [-0.39, 0.29) is 6.61 Å². The van der Waals surface area contributed by atoms with E-state index in [0.717, 1.165) is 27.2 Å². The van der Waals surface area contributed by atoms with E-state index < -0.39 is 0 Å². The van der Waals surface area contributed by atoms with Crippen LogP contribution in [0.5, 0.6) is 0 Å². The molecule has 0 radical (unpaired) electrons. The molecule has 1 N–H and O–H groups in total. The van der Waals surface area contributed by atoms with Gasteiger partial charge in [0, 0.05) is 6.20 Å². The van der Waals surface area contributed by atoms with Crippen molar-refractivity contribution in [1.82, 2.24) is 14.8 Å². The third-order valence-corrected chi connectivity index (χ3v) is 3.56. The molecule has 0 saturated carbocycles. The molecule has 2 rings (SSSR count). The molecule has 0 spiro atoms. The number of aliphatic hydroxyl groups is 1. The molecular weight excluding hydrogens is 270 g/mol. The third-order valence-electron chi connectivity index (χ3n) is 2.41. The van der Waals surface area contributed by atoms with Gasteiger partial charge in [0.15, 0.2) is 5.82 Å². The predicted molar refractivity (Wildman–Crippen MR) is 64.5 cm³/mol. The average molecular weight is 282 g/mol. The molecule has 0 unspecified atom stereocenters. The lowest BCUT2D eigenvalue weighted by Crippen LogP contribution is -2.02. The van der Waals surface area contributed by atoms with Gasteiger partial charge in [-0.05, 0) is 47.5 Å². The molecule has 0 aromatic carbocycles. The van der Waals surface area contributed by atoms with Crippen molar-refractivity contribution in [3.05, 3.63) is 39.8 Å². The predicted octanol–water partition coefficient (Wildman–Crippen LogP) is 2.14. The molecule has 0 fully saturated rings. The normalized spacial score (nSPS) is 10.8. The molecule has 2 heterocycles. The van der Waals surface area contributed by atoms with Gasteiger partial charge >= 0.3 is 0 Å². The number of hydrogen-bond acceptors (Lipinski definition) is 3. The SMILES string of the molecule is Cc1nn(-c2cc(CO)ccn2)c(C)c1Br. The van der Waals surface area contributed by atoms with E-state index in [0.29, 0.717) is 0 Å². The summed E-state index contributed by atoms with van der Waals surface area (Å²) in [4.78, 5) is 4.24. The molecule has 5 heteroatoms. The summed E-state index contributed by atoms with van der Waals surface area (Å²) >= 11 is 3.47. The van der Waals surface area contributed by atoms with Gasteiger partial charge in [-0.1, -0.05) is 0 Å². The zero-order valence-corrected chi connectivity index (χ0v) is 10.7. The van der Waals surface area contributed by atoms with Crippen molar-refractivity contribution >= 4 is 15.9 Å². The minimum absolute atomic E-state index is 0.00991. The van der Waals surface area contributed by atoms with Crippen LogP contribution in [0.3, 0.4) is 0 Å². The Hall–Kier alpha value is -1.20. The van der Waals surface area contributed by atoms with Crippen LogP contribution in [0.1, 0.15) is 17.0 Å². The van der Waals surface area contributed by atoms with Gasteiger partial charge in [-0.15, -0.1) is 0 Å². The topological polar surface area (TPSA) is 50.9 Å². The van der Waals surface area contributed by atoms with Gasteiger partial charge in [-0.25, -0.2) is 9.67 Å². The zero-order chi connectivity index (χ0) is 11.7. The molecule has 0 atom stereocenters. The van der Waals surface area contributed by atoms with Gasteiger partial charge in [0.05, 0.1) is 22.5 Å². The van der Waals surface area contributed by atoms with Gasteiger partial charge in [0.25, 0.3) is 0 Å². The number of aryl methyl sites for hydroxylation is 1. The molecule has 2 aromatic heterocycles. The van der Waals surface area contributed by atoms with E-state index in [4.69, 9.17) is 5.11 Å². The molecular formula is C11H12BrN3O. The highest BCUT2D eigenvalue weighted by Gasteiger charge is 2.11. The number of rotatable bonds is 2. The number of aliphatic hydroxyl groups excluding tert-OH is 1. The van der Waals surface area contributed by atoms with E-state index in [1.54, 1.807) is 16.9 Å². The maximum Gasteiger partial charge on any atom is 0.153 e. The van der Waals surface area contributed by atoms with Crippen LogP contribution in [0.15, 0.2) is 22.8 Å². The molecule has 84 valence electrons. The van der Waals surface area contributed by atoms with Gasteiger partial charge in [-0.2, -0.15) is 5.10 Å². The minimum atomic E-state index is 0.00991. The van der Waals surface area contributed by atoms with E-state index in [9.17, 15) is 0 Å². The molecule has 0 bridgehead atoms. The maximum atomic E-state index is 9.07. The summed E-state index contributed by atoms with van der Waals surface area (Å²) < 4.78 is 2.75. The van der Waals surface area contributed by atoms with E-state index in [1.807, 2.05) is 19.9 Å². The first-order chi connectivity index (χ1) is 7.63. The summed E-state index contributed by atoms with van der Waals surface area (Å²) in [5.41, 5.74) is 2.75. The van der Waals surface area contributed by atoms with Gasteiger partial charge in [0.1, 0.15) is 0 Å². The van der Waals surface area contributed by atoms with Gasteiger partial charge in [-0.3, -0.25) is 0 Å². The van der Waals surface area contributed by atoms with E-state index in [1.165, 1.54) is 0 Å². The number of halogens is 1. The van der Waals surface area contributed by atoms with Crippen molar-refractivity contribution in [2.45, 2.75) is 20.5 Å². The molecule has 0 aliphatic carbocycles. The number of hydrogen-bond donors (Lipinski definition) is 1. The molecule has 0 amide bonds. The molecule has 4 nitrogen and oxygen atoms in total. The first kappa shape index (κ1) is 11.3. The van der Waals surface area contributed by atoms with Crippen LogP contribution in [0.4, 0.5) is 0 Å². The van der Waals surface area contributed by atoms with Crippen LogP contribution in [0.25, 0.3) is 5.82 Å². The van der Waals surface area contributed by atoms with Crippen molar-refractivity contribution in [3.8, 4) is 5.82 Å². The molecule has 0 saturated heterocycles. The summed E-state index contributed by atoms with van der Waals surface area (Å²) in [5, 5.41) is 13.5. The summed E-state index contributed by atoms with van der Waals surface area (Å²) in [5.74, 6) is 0.720. The van der Waals surface area contributed by atoms with Crippen molar-refractivity contribution in [3.63, 3.8) is 0 Å². The Balaban J connectivity index is 2.54. The highest BCUT2D eigenvalue weighted by Crippen LogP contribution is 2.22. The average Bonchev–Trinajstić information content (AvgIpc) is 2.57. The molecule has 2 aromatic rings. The second kappa shape index (κ2) is 4.35. The Morgan fingerprint density at radius 1 is 1.44 bits per heavy atom.